The summed E-state index contributed by atoms with van der Waals surface area (Å²) in [5.41, 5.74) is -0.0194. The predicted octanol–water partition coefficient (Wildman–Crippen LogP) is 3.37. The first kappa shape index (κ1) is 27.1. The molecule has 2 fully saturated rings. The van der Waals surface area contributed by atoms with E-state index in [0.717, 1.165) is 49.4 Å². The molecule has 2 aromatic rings. The van der Waals surface area contributed by atoms with E-state index >= 15 is 0 Å². The van der Waals surface area contributed by atoms with Crippen LogP contribution in [0.2, 0.25) is 0 Å². The summed E-state index contributed by atoms with van der Waals surface area (Å²) in [6.07, 6.45) is 0.571. The molecular weight excluding hydrogens is 507 g/mol. The summed E-state index contributed by atoms with van der Waals surface area (Å²) in [6, 6.07) is 11.6. The number of nitrogens with one attached hydrogen (secondary N) is 2. The molecule has 7 nitrogen and oxygen atoms in total. The van der Waals surface area contributed by atoms with Crippen LogP contribution in [0.4, 0.5) is 13.2 Å². The molecule has 2 amide bonds. The minimum Gasteiger partial charge on any atom is -0.349 e. The molecule has 0 bridgehead atoms. The second-order valence-corrected chi connectivity index (χ2v) is 11.8. The van der Waals surface area contributed by atoms with Crippen LogP contribution in [0.15, 0.2) is 53.4 Å². The van der Waals surface area contributed by atoms with Gasteiger partial charge in [0.1, 0.15) is 0 Å². The van der Waals surface area contributed by atoms with Gasteiger partial charge in [-0.15, -0.1) is 0 Å². The Kier molecular flexibility index (Phi) is 7.94. The molecule has 4 rings (SSSR count). The molecule has 0 aromatic heterocycles. The van der Waals surface area contributed by atoms with Gasteiger partial charge >= 0.3 is 6.18 Å². The highest BCUT2D eigenvalue weighted by atomic mass is 32.2. The first-order valence-corrected chi connectivity index (χ1v) is 14.1. The van der Waals surface area contributed by atoms with Gasteiger partial charge in [-0.2, -0.15) is 13.2 Å². The Morgan fingerprint density at radius 3 is 2.32 bits per heavy atom. The SMILES string of the molecule is CS(=O)(=O)c1cccc(C2CCC(N3CC(NC(=O)CNC(=O)c4cccc(C(F)(F)F)c4)C3)CC2)c1. The molecule has 11 heteroatoms. The van der Waals surface area contributed by atoms with Crippen molar-refractivity contribution < 1.29 is 31.2 Å². The maximum atomic E-state index is 12.8. The van der Waals surface area contributed by atoms with Gasteiger partial charge in [-0.1, -0.05) is 18.2 Å². The predicted molar refractivity (Wildman–Crippen MR) is 132 cm³/mol. The smallest absolute Gasteiger partial charge is 0.349 e. The van der Waals surface area contributed by atoms with Crippen LogP contribution in [-0.4, -0.2) is 63.1 Å². The Bertz CT molecular complexity index is 1250. The Morgan fingerprint density at radius 1 is 1.00 bits per heavy atom. The van der Waals surface area contributed by atoms with Gasteiger partial charge in [0.2, 0.25) is 5.91 Å². The molecule has 37 heavy (non-hydrogen) atoms. The number of alkyl halides is 3. The van der Waals surface area contributed by atoms with Crippen molar-refractivity contribution in [1.29, 1.82) is 0 Å². The quantitative estimate of drug-likeness (QED) is 0.565. The Morgan fingerprint density at radius 2 is 1.68 bits per heavy atom. The average Bonchev–Trinajstić information content (AvgIpc) is 2.84. The van der Waals surface area contributed by atoms with Crippen molar-refractivity contribution in [2.24, 2.45) is 0 Å². The zero-order chi connectivity index (χ0) is 26.8. The number of rotatable bonds is 7. The van der Waals surface area contributed by atoms with Gasteiger partial charge in [0.15, 0.2) is 9.84 Å². The lowest BCUT2D eigenvalue weighted by Gasteiger charge is -2.46. The molecule has 0 spiro atoms. The maximum Gasteiger partial charge on any atom is 0.416 e. The fourth-order valence-electron chi connectivity index (χ4n) is 5.05. The van der Waals surface area contributed by atoms with Crippen molar-refractivity contribution in [1.82, 2.24) is 15.5 Å². The van der Waals surface area contributed by atoms with E-state index < -0.39 is 27.5 Å². The molecule has 0 atom stereocenters. The summed E-state index contributed by atoms with van der Waals surface area (Å²) in [5, 5.41) is 5.22. The minimum absolute atomic E-state index is 0.0397. The van der Waals surface area contributed by atoms with Gasteiger partial charge in [-0.25, -0.2) is 8.42 Å². The van der Waals surface area contributed by atoms with Gasteiger partial charge in [0, 0.05) is 31.0 Å². The second-order valence-electron chi connectivity index (χ2n) is 9.83. The highest BCUT2D eigenvalue weighted by molar-refractivity contribution is 7.90. The van der Waals surface area contributed by atoms with Crippen molar-refractivity contribution in [3.8, 4) is 0 Å². The molecule has 0 unspecified atom stereocenters. The summed E-state index contributed by atoms with van der Waals surface area (Å²) >= 11 is 0. The van der Waals surface area contributed by atoms with Crippen LogP contribution in [0, 0.1) is 0 Å². The van der Waals surface area contributed by atoms with E-state index in [4.69, 9.17) is 0 Å². The zero-order valence-corrected chi connectivity index (χ0v) is 21.2. The second kappa shape index (κ2) is 10.8. The molecule has 200 valence electrons. The van der Waals surface area contributed by atoms with Crippen LogP contribution >= 0.6 is 0 Å². The van der Waals surface area contributed by atoms with Crippen LogP contribution in [0.3, 0.4) is 0 Å². The van der Waals surface area contributed by atoms with Gasteiger partial charge in [-0.05, 0) is 67.5 Å². The first-order chi connectivity index (χ1) is 17.4. The van der Waals surface area contributed by atoms with Crippen LogP contribution in [0.25, 0.3) is 0 Å². The standard InChI is InChI=1S/C26H30F3N3O4S/c1-37(35,36)23-7-3-4-18(13-23)17-8-10-22(11-9-17)32-15-21(16-32)31-24(33)14-30-25(34)19-5-2-6-20(12-19)26(27,28)29/h2-7,12-13,17,21-22H,8-11,14-16H2,1H3,(H,30,34)(H,31,33). The van der Waals surface area contributed by atoms with Gasteiger partial charge in [0.25, 0.3) is 5.91 Å². The number of nitrogens with zero attached hydrogens (tertiary/aromatic N) is 1. The molecule has 2 N–H and O–H groups in total. The van der Waals surface area contributed by atoms with Crippen molar-refractivity contribution in [2.45, 2.75) is 54.8 Å². The van der Waals surface area contributed by atoms with Crippen LogP contribution in [-0.2, 0) is 20.8 Å². The summed E-state index contributed by atoms with van der Waals surface area (Å²) in [4.78, 5) is 27.0. The Labute approximate surface area is 214 Å². The largest absolute Gasteiger partial charge is 0.416 e. The Hall–Kier alpha value is -2.92. The lowest BCUT2D eigenvalue weighted by Crippen LogP contribution is -2.63. The summed E-state index contributed by atoms with van der Waals surface area (Å²) in [5.74, 6) is -0.801. The summed E-state index contributed by atoms with van der Waals surface area (Å²) < 4.78 is 62.2. The topological polar surface area (TPSA) is 95.6 Å². The maximum absolute atomic E-state index is 12.8. The number of hydrogen-bond acceptors (Lipinski definition) is 5. The van der Waals surface area contributed by atoms with E-state index in [0.29, 0.717) is 29.9 Å². The average molecular weight is 538 g/mol. The minimum atomic E-state index is -4.55. The Balaban J connectivity index is 1.18. The number of amides is 2. The molecule has 1 saturated carbocycles. The molecule has 1 aliphatic carbocycles. The van der Waals surface area contributed by atoms with E-state index in [1.165, 1.54) is 12.3 Å². The third kappa shape index (κ3) is 6.89. The summed E-state index contributed by atoms with van der Waals surface area (Å²) in [6.45, 7) is 1.08. The molecule has 2 aromatic carbocycles. The van der Waals surface area contributed by atoms with E-state index in [9.17, 15) is 31.2 Å². The van der Waals surface area contributed by atoms with Crippen molar-refractivity contribution in [3.63, 3.8) is 0 Å². The molecule has 1 heterocycles. The fourth-order valence-corrected chi connectivity index (χ4v) is 5.73. The summed E-state index contributed by atoms with van der Waals surface area (Å²) in [7, 11) is -3.24. The van der Waals surface area contributed by atoms with Crippen molar-refractivity contribution in [2.75, 3.05) is 25.9 Å². The first-order valence-electron chi connectivity index (χ1n) is 12.2. The number of carbonyl (C=O) groups excluding carboxylic acids is 2. The number of likely N-dealkylation sites (tertiary alicyclic amines) is 1. The van der Waals surface area contributed by atoms with E-state index in [1.54, 1.807) is 18.2 Å². The monoisotopic (exact) mass is 537 g/mol. The zero-order valence-electron chi connectivity index (χ0n) is 20.4. The highest BCUT2D eigenvalue weighted by Crippen LogP contribution is 2.36. The molecule has 2 aliphatic rings. The van der Waals surface area contributed by atoms with Crippen LogP contribution < -0.4 is 10.6 Å². The number of halogens is 3. The van der Waals surface area contributed by atoms with Gasteiger partial charge in [-0.3, -0.25) is 14.5 Å². The molecule has 0 radical (unpaired) electrons. The molecular formula is C26H30F3N3O4S. The van der Waals surface area contributed by atoms with Gasteiger partial charge < -0.3 is 10.6 Å². The lowest BCUT2D eigenvalue weighted by molar-refractivity contribution is -0.137. The van der Waals surface area contributed by atoms with E-state index in [2.05, 4.69) is 15.5 Å². The third-order valence-corrected chi connectivity index (χ3v) is 8.22. The van der Waals surface area contributed by atoms with Crippen molar-refractivity contribution in [3.05, 3.63) is 65.2 Å². The fraction of sp³-hybridized carbons (Fsp3) is 0.462. The number of sulfone groups is 1. The highest BCUT2D eigenvalue weighted by Gasteiger charge is 2.35. The van der Waals surface area contributed by atoms with E-state index in [1.807, 2.05) is 6.07 Å². The van der Waals surface area contributed by atoms with Crippen LogP contribution in [0.1, 0.15) is 53.1 Å². The van der Waals surface area contributed by atoms with Crippen molar-refractivity contribution >= 4 is 21.7 Å². The third-order valence-electron chi connectivity index (χ3n) is 7.11. The van der Waals surface area contributed by atoms with E-state index in [-0.39, 0.29) is 24.1 Å². The molecule has 1 aliphatic heterocycles. The lowest BCUT2D eigenvalue weighted by atomic mass is 9.80. The molecule has 1 saturated heterocycles. The number of benzene rings is 2. The van der Waals surface area contributed by atoms with Crippen LogP contribution in [0.5, 0.6) is 0 Å². The number of hydrogen-bond donors (Lipinski definition) is 2. The number of carbonyl (C=O) groups is 2. The normalized spacial score (nSPS) is 21.2. The van der Waals surface area contributed by atoms with Gasteiger partial charge in [0.05, 0.1) is 23.0 Å².